The maximum atomic E-state index is 11.5. The highest BCUT2D eigenvalue weighted by molar-refractivity contribution is 5.62. The molecule has 0 atom stereocenters. The quantitative estimate of drug-likeness (QED) is 0.623. The molecule has 0 N–H and O–H groups in total. The number of benzene rings is 1. The van der Waals surface area contributed by atoms with Crippen molar-refractivity contribution in [1.82, 2.24) is 0 Å². The van der Waals surface area contributed by atoms with Gasteiger partial charge in [-0.25, -0.2) is 0 Å². The summed E-state index contributed by atoms with van der Waals surface area (Å²) in [5, 5.41) is 0. The predicted octanol–water partition coefficient (Wildman–Crippen LogP) is 3.00. The Hall–Kier alpha value is -2.36. The zero-order chi connectivity index (χ0) is 14.6. The molecule has 0 radical (unpaired) electrons. The number of carbonyl (C=O) groups is 1. The fraction of sp³-hybridized carbons (Fsp3) is 0.250. The molecule has 0 aliphatic carbocycles. The standard InChI is InChI=1S/C16H18NO3/c1-16(2,3)19-15(18)20-17-11-9-14(10-12-17)13-7-5-4-6-8-13/h4-12H,1-3H3/q+1. The molecule has 0 saturated carbocycles. The van der Waals surface area contributed by atoms with Gasteiger partial charge in [0.2, 0.25) is 12.4 Å². The summed E-state index contributed by atoms with van der Waals surface area (Å²) >= 11 is 0. The highest BCUT2D eigenvalue weighted by Gasteiger charge is 2.21. The van der Waals surface area contributed by atoms with E-state index < -0.39 is 11.8 Å². The average Bonchev–Trinajstić information content (AvgIpc) is 2.38. The second-order valence-electron chi connectivity index (χ2n) is 5.37. The van der Waals surface area contributed by atoms with Gasteiger partial charge in [0.15, 0.2) is 0 Å². The van der Waals surface area contributed by atoms with E-state index in [1.165, 1.54) is 4.73 Å². The van der Waals surface area contributed by atoms with Crippen molar-refractivity contribution < 1.29 is 19.1 Å². The number of aromatic nitrogens is 1. The van der Waals surface area contributed by atoms with Gasteiger partial charge in [0, 0.05) is 16.9 Å². The maximum Gasteiger partial charge on any atom is 0.572 e. The van der Waals surface area contributed by atoms with Crippen LogP contribution in [0.5, 0.6) is 0 Å². The molecule has 0 aliphatic rings. The lowest BCUT2D eigenvalue weighted by Gasteiger charge is -2.16. The van der Waals surface area contributed by atoms with Crippen LogP contribution in [0.4, 0.5) is 4.79 Å². The van der Waals surface area contributed by atoms with Crippen LogP contribution in [0.2, 0.25) is 0 Å². The van der Waals surface area contributed by atoms with Crippen molar-refractivity contribution >= 4 is 6.16 Å². The summed E-state index contributed by atoms with van der Waals surface area (Å²) in [6, 6.07) is 13.7. The second-order valence-corrected chi connectivity index (χ2v) is 5.37. The van der Waals surface area contributed by atoms with Crippen molar-refractivity contribution in [2.24, 2.45) is 0 Å². The van der Waals surface area contributed by atoms with Crippen molar-refractivity contribution in [3.63, 3.8) is 0 Å². The Labute approximate surface area is 118 Å². The van der Waals surface area contributed by atoms with Crippen molar-refractivity contribution in [3.05, 3.63) is 54.9 Å². The van der Waals surface area contributed by atoms with Crippen LogP contribution in [-0.4, -0.2) is 11.8 Å². The normalized spacial score (nSPS) is 10.9. The molecule has 2 aromatic rings. The molecule has 4 heteroatoms. The van der Waals surface area contributed by atoms with Gasteiger partial charge < -0.3 is 4.74 Å². The highest BCUT2D eigenvalue weighted by atomic mass is 16.8. The van der Waals surface area contributed by atoms with Crippen LogP contribution in [0, 0.1) is 0 Å². The van der Waals surface area contributed by atoms with Gasteiger partial charge in [-0.05, 0) is 31.9 Å². The minimum atomic E-state index is -0.727. The van der Waals surface area contributed by atoms with Crippen LogP contribution in [0.15, 0.2) is 54.9 Å². The molecule has 1 aromatic heterocycles. The van der Waals surface area contributed by atoms with E-state index in [9.17, 15) is 4.79 Å². The zero-order valence-corrected chi connectivity index (χ0v) is 11.9. The summed E-state index contributed by atoms with van der Waals surface area (Å²) in [5.41, 5.74) is 1.59. The Morgan fingerprint density at radius 2 is 1.50 bits per heavy atom. The lowest BCUT2D eigenvalue weighted by Crippen LogP contribution is -2.46. The maximum absolute atomic E-state index is 11.5. The first-order chi connectivity index (χ1) is 9.44. The second kappa shape index (κ2) is 5.74. The number of nitrogens with zero attached hydrogens (tertiary/aromatic N) is 1. The minimum absolute atomic E-state index is 0.568. The van der Waals surface area contributed by atoms with Crippen LogP contribution < -0.4 is 9.57 Å². The molecule has 0 unspecified atom stereocenters. The fourth-order valence-electron chi connectivity index (χ4n) is 1.65. The molecule has 0 aliphatic heterocycles. The molecule has 0 bridgehead atoms. The van der Waals surface area contributed by atoms with E-state index in [1.54, 1.807) is 33.2 Å². The molecule has 0 fully saturated rings. The summed E-state index contributed by atoms with van der Waals surface area (Å²) in [6.45, 7) is 5.37. The van der Waals surface area contributed by atoms with Crippen LogP contribution in [0.25, 0.3) is 11.1 Å². The number of hydrogen-bond donors (Lipinski definition) is 0. The van der Waals surface area contributed by atoms with Crippen LogP contribution in [-0.2, 0) is 4.74 Å². The zero-order valence-electron chi connectivity index (χ0n) is 11.9. The lowest BCUT2D eigenvalue weighted by atomic mass is 10.1. The Balaban J connectivity index is 2.04. The molecule has 1 heterocycles. The Morgan fingerprint density at radius 1 is 0.950 bits per heavy atom. The number of ether oxygens (including phenoxy) is 1. The first-order valence-corrected chi connectivity index (χ1v) is 6.42. The highest BCUT2D eigenvalue weighted by Crippen LogP contribution is 2.16. The number of hydrogen-bond acceptors (Lipinski definition) is 3. The van der Waals surface area contributed by atoms with Gasteiger partial charge in [-0.15, -0.1) is 4.84 Å². The molecule has 0 amide bonds. The summed E-state index contributed by atoms with van der Waals surface area (Å²) in [4.78, 5) is 16.6. The van der Waals surface area contributed by atoms with Crippen LogP contribution in [0.3, 0.4) is 0 Å². The van der Waals surface area contributed by atoms with Gasteiger partial charge in [-0.1, -0.05) is 30.3 Å². The molecular formula is C16H18NO3+. The van der Waals surface area contributed by atoms with E-state index in [4.69, 9.17) is 9.57 Å². The number of rotatable bonds is 2. The van der Waals surface area contributed by atoms with Gasteiger partial charge >= 0.3 is 6.16 Å². The summed E-state index contributed by atoms with van der Waals surface area (Å²) in [5.74, 6) is 0. The largest absolute Gasteiger partial charge is 0.572 e. The van der Waals surface area contributed by atoms with E-state index in [0.29, 0.717) is 0 Å². The van der Waals surface area contributed by atoms with Gasteiger partial charge in [0.1, 0.15) is 5.60 Å². The molecule has 0 saturated heterocycles. The molecule has 2 rings (SSSR count). The van der Waals surface area contributed by atoms with Crippen molar-refractivity contribution in [2.75, 3.05) is 0 Å². The van der Waals surface area contributed by atoms with Crippen LogP contribution >= 0.6 is 0 Å². The van der Waals surface area contributed by atoms with E-state index >= 15 is 0 Å². The summed E-state index contributed by atoms with van der Waals surface area (Å²) in [7, 11) is 0. The van der Waals surface area contributed by atoms with Crippen molar-refractivity contribution in [3.8, 4) is 11.1 Å². The van der Waals surface area contributed by atoms with Crippen molar-refractivity contribution in [1.29, 1.82) is 0 Å². The first kappa shape index (κ1) is 14.1. The predicted molar refractivity (Wildman–Crippen MR) is 74.9 cm³/mol. The SMILES string of the molecule is CC(C)(C)OC(=O)O[n+]1ccc(-c2ccccc2)cc1. The monoisotopic (exact) mass is 272 g/mol. The van der Waals surface area contributed by atoms with Gasteiger partial charge in [0.05, 0.1) is 0 Å². The third-order valence-electron chi connectivity index (χ3n) is 2.48. The third kappa shape index (κ3) is 4.09. The third-order valence-corrected chi connectivity index (χ3v) is 2.48. The smallest absolute Gasteiger partial charge is 0.425 e. The molecule has 20 heavy (non-hydrogen) atoms. The Bertz CT molecular complexity index is 571. The Morgan fingerprint density at radius 3 is 2.05 bits per heavy atom. The minimum Gasteiger partial charge on any atom is -0.425 e. The van der Waals surface area contributed by atoms with Gasteiger partial charge in [-0.3, -0.25) is 0 Å². The fourth-order valence-corrected chi connectivity index (χ4v) is 1.65. The number of carbonyl (C=O) groups excluding carboxylic acids is 1. The molecule has 4 nitrogen and oxygen atoms in total. The molecule has 0 spiro atoms. The molecule has 104 valence electrons. The first-order valence-electron chi connectivity index (χ1n) is 6.42. The van der Waals surface area contributed by atoms with E-state index in [-0.39, 0.29) is 0 Å². The van der Waals surface area contributed by atoms with E-state index in [1.807, 2.05) is 42.5 Å². The van der Waals surface area contributed by atoms with Crippen molar-refractivity contribution in [2.45, 2.75) is 26.4 Å². The van der Waals surface area contributed by atoms with Gasteiger partial charge in [-0.2, -0.15) is 4.79 Å². The summed E-state index contributed by atoms with van der Waals surface area (Å²) in [6.07, 6.45) is 2.62. The Kier molecular flexibility index (Phi) is 4.03. The molecule has 1 aromatic carbocycles. The van der Waals surface area contributed by atoms with Crippen LogP contribution in [0.1, 0.15) is 20.8 Å². The summed E-state index contributed by atoms with van der Waals surface area (Å²) < 4.78 is 6.39. The van der Waals surface area contributed by atoms with E-state index in [2.05, 4.69) is 0 Å². The lowest BCUT2D eigenvalue weighted by molar-refractivity contribution is -0.870. The van der Waals surface area contributed by atoms with E-state index in [0.717, 1.165) is 11.1 Å². The topological polar surface area (TPSA) is 39.4 Å². The van der Waals surface area contributed by atoms with Gasteiger partial charge in [0.25, 0.3) is 0 Å². The number of pyridine rings is 1. The molecular weight excluding hydrogens is 254 g/mol. The average molecular weight is 272 g/mol.